The molecule has 3 rings (SSSR count). The summed E-state index contributed by atoms with van der Waals surface area (Å²) >= 11 is 1.27. The first-order chi connectivity index (χ1) is 20.5. The first-order valence-corrected chi connectivity index (χ1v) is 17.2. The second kappa shape index (κ2) is 15.9. The lowest BCUT2D eigenvalue weighted by atomic mass is 10.0. The van der Waals surface area contributed by atoms with Crippen molar-refractivity contribution in [2.24, 2.45) is 25.9 Å². The monoisotopic (exact) mass is 628 g/mol. The molecular formula is C30H44N8O3S2. The summed E-state index contributed by atoms with van der Waals surface area (Å²) in [5.41, 5.74) is 10.9. The molecule has 2 aromatic carbocycles. The summed E-state index contributed by atoms with van der Waals surface area (Å²) in [6.45, 7) is 17.6. The third-order valence-electron chi connectivity index (χ3n) is 7.26. The second-order valence-corrected chi connectivity index (χ2v) is 12.7. The van der Waals surface area contributed by atoms with Gasteiger partial charge in [-0.3, -0.25) is 9.55 Å². The molecule has 1 aliphatic heterocycles. The average Bonchev–Trinajstić information content (AvgIpc) is 3.13. The molecule has 11 nitrogen and oxygen atoms in total. The van der Waals surface area contributed by atoms with Crippen LogP contribution in [0.1, 0.15) is 47.5 Å². The van der Waals surface area contributed by atoms with E-state index >= 15 is 0 Å². The molecule has 0 aliphatic carbocycles. The Morgan fingerprint density at radius 1 is 1.00 bits per heavy atom. The highest BCUT2D eigenvalue weighted by Crippen LogP contribution is 2.33. The number of anilines is 4. The van der Waals surface area contributed by atoms with Gasteiger partial charge in [0.25, 0.3) is 16.1 Å². The van der Waals surface area contributed by atoms with E-state index in [4.69, 9.17) is 20.7 Å². The molecule has 0 amide bonds. The molecule has 43 heavy (non-hydrogen) atoms. The summed E-state index contributed by atoms with van der Waals surface area (Å²) in [5.74, 6) is 0.566. The lowest BCUT2D eigenvalue weighted by Crippen LogP contribution is -2.25. The van der Waals surface area contributed by atoms with Crippen molar-refractivity contribution in [2.45, 2.75) is 47.5 Å². The Kier molecular flexibility index (Phi) is 12.6. The van der Waals surface area contributed by atoms with Crippen molar-refractivity contribution in [3.8, 4) is 0 Å². The molecule has 0 aromatic heterocycles. The molecule has 0 saturated carbocycles. The Morgan fingerprint density at radius 3 is 2.21 bits per heavy atom. The van der Waals surface area contributed by atoms with Gasteiger partial charge in [-0.15, -0.1) is 11.8 Å². The molecule has 1 heterocycles. The molecule has 2 aromatic rings. The molecule has 1 unspecified atom stereocenters. The van der Waals surface area contributed by atoms with Crippen molar-refractivity contribution < 1.29 is 13.0 Å². The minimum absolute atomic E-state index is 0.0705. The second-order valence-electron chi connectivity index (χ2n) is 9.93. The van der Waals surface area contributed by atoms with Gasteiger partial charge in [-0.05, 0) is 77.2 Å². The summed E-state index contributed by atoms with van der Waals surface area (Å²) in [6, 6.07) is 11.7. The van der Waals surface area contributed by atoms with E-state index in [1.807, 2.05) is 36.4 Å². The van der Waals surface area contributed by atoms with Gasteiger partial charge in [0, 0.05) is 55.6 Å². The molecule has 0 saturated heterocycles. The van der Waals surface area contributed by atoms with E-state index in [0.29, 0.717) is 34.4 Å². The summed E-state index contributed by atoms with van der Waals surface area (Å²) in [5, 5.41) is 4.19. The van der Waals surface area contributed by atoms with Crippen LogP contribution in [0.2, 0.25) is 0 Å². The Morgan fingerprint density at radius 2 is 1.63 bits per heavy atom. The van der Waals surface area contributed by atoms with Crippen molar-refractivity contribution in [3.63, 3.8) is 0 Å². The first-order valence-electron chi connectivity index (χ1n) is 14.6. The van der Waals surface area contributed by atoms with Crippen LogP contribution in [-0.2, 0) is 10.1 Å². The van der Waals surface area contributed by atoms with E-state index in [1.165, 1.54) is 11.8 Å². The van der Waals surface area contributed by atoms with E-state index in [0.717, 1.165) is 49.7 Å². The SMILES string of the molecule is C=Nc1ccc(N(CC)CC)cc1NC1=NC(=Nc2cc(N(CC)CC)ccc2N)N=C(SCCS(=O)(=O)O)CC1CC. The standard InChI is InChI=1S/C30H44N8O3S2/c1-7-21-18-28(42-16-17-43(39,40)41)35-30(34-26-19-22(12-14-24(26)31)37(8-2)9-3)36-29(21)33-27-20-23(38(10-4)11-5)13-15-25(27)32-6/h12-15,19-21H,6-11,16-18,31H2,1-5H3,(H,33,34,36)(H,39,40,41). The molecule has 0 spiro atoms. The third-order valence-corrected chi connectivity index (χ3v) is 9.24. The number of guanidine groups is 1. The lowest BCUT2D eigenvalue weighted by molar-refractivity contribution is 0.485. The summed E-state index contributed by atoms with van der Waals surface area (Å²) in [6.07, 6.45) is 1.25. The zero-order valence-corrected chi connectivity index (χ0v) is 27.4. The molecule has 1 atom stereocenters. The number of hydrogen-bond acceptors (Lipinski definition) is 9. The van der Waals surface area contributed by atoms with Crippen LogP contribution < -0.4 is 20.9 Å². The van der Waals surface area contributed by atoms with Gasteiger partial charge in [-0.25, -0.2) is 9.98 Å². The number of nitrogens with one attached hydrogen (secondary N) is 1. The maximum atomic E-state index is 11.4. The number of amidine groups is 1. The Bertz CT molecular complexity index is 1470. The van der Waals surface area contributed by atoms with Crippen LogP contribution in [0.4, 0.5) is 34.1 Å². The van der Waals surface area contributed by atoms with Gasteiger partial charge in [0.2, 0.25) is 0 Å². The fourth-order valence-corrected chi connectivity index (χ4v) is 6.65. The highest BCUT2D eigenvalue weighted by atomic mass is 32.2. The van der Waals surface area contributed by atoms with Crippen molar-refractivity contribution in [3.05, 3.63) is 36.4 Å². The van der Waals surface area contributed by atoms with Crippen LogP contribution in [0, 0.1) is 5.92 Å². The molecule has 0 bridgehead atoms. The number of thioether (sulfide) groups is 1. The van der Waals surface area contributed by atoms with Crippen LogP contribution in [0.5, 0.6) is 0 Å². The van der Waals surface area contributed by atoms with Gasteiger partial charge in [0.15, 0.2) is 0 Å². The van der Waals surface area contributed by atoms with Crippen molar-refractivity contribution >= 4 is 79.6 Å². The van der Waals surface area contributed by atoms with E-state index < -0.39 is 10.1 Å². The Labute approximate surface area is 260 Å². The quantitative estimate of drug-likeness (QED) is 0.134. The predicted octanol–water partition coefficient (Wildman–Crippen LogP) is 6.24. The van der Waals surface area contributed by atoms with Crippen LogP contribution in [0.25, 0.3) is 0 Å². The fraction of sp³-hybridized carbons (Fsp3) is 0.467. The molecule has 13 heteroatoms. The maximum Gasteiger partial charge on any atom is 0.265 e. The topological polar surface area (TPSA) is 148 Å². The maximum absolute atomic E-state index is 11.4. The van der Waals surface area contributed by atoms with E-state index in [2.05, 4.69) is 61.4 Å². The zero-order valence-electron chi connectivity index (χ0n) is 25.7. The largest absolute Gasteiger partial charge is 0.397 e. The molecular weight excluding hydrogens is 585 g/mol. The number of aliphatic imine (C=N–C) groups is 4. The minimum atomic E-state index is -4.10. The Balaban J connectivity index is 2.12. The van der Waals surface area contributed by atoms with Gasteiger partial charge in [-0.1, -0.05) is 6.92 Å². The molecule has 0 fully saturated rings. The van der Waals surface area contributed by atoms with Gasteiger partial charge in [0.05, 0.1) is 33.5 Å². The highest BCUT2D eigenvalue weighted by Gasteiger charge is 2.24. The van der Waals surface area contributed by atoms with Gasteiger partial charge < -0.3 is 20.9 Å². The number of nitrogens with zero attached hydrogens (tertiary/aromatic N) is 6. The van der Waals surface area contributed by atoms with Crippen LogP contribution in [0.3, 0.4) is 0 Å². The van der Waals surface area contributed by atoms with E-state index in [-0.39, 0.29) is 23.4 Å². The number of nitrogens with two attached hydrogens (primary N) is 1. The lowest BCUT2D eigenvalue weighted by Gasteiger charge is -2.24. The van der Waals surface area contributed by atoms with Crippen LogP contribution in [0.15, 0.2) is 56.4 Å². The molecule has 1 aliphatic rings. The summed E-state index contributed by atoms with van der Waals surface area (Å²) in [7, 11) is -4.10. The minimum Gasteiger partial charge on any atom is -0.397 e. The normalized spacial score (nSPS) is 16.3. The van der Waals surface area contributed by atoms with Crippen molar-refractivity contribution in [1.29, 1.82) is 0 Å². The summed E-state index contributed by atoms with van der Waals surface area (Å²) < 4.78 is 32.0. The van der Waals surface area contributed by atoms with Crippen LogP contribution >= 0.6 is 11.8 Å². The number of rotatable bonds is 13. The van der Waals surface area contributed by atoms with Gasteiger partial charge in [-0.2, -0.15) is 13.4 Å². The Hall–Kier alpha value is -3.42. The zero-order chi connectivity index (χ0) is 31.6. The predicted molar refractivity (Wildman–Crippen MR) is 186 cm³/mol. The number of benzene rings is 2. The molecule has 234 valence electrons. The molecule has 0 radical (unpaired) electrons. The number of nitrogen functional groups attached to an aromatic ring is 1. The van der Waals surface area contributed by atoms with Crippen molar-refractivity contribution in [1.82, 2.24) is 0 Å². The van der Waals surface area contributed by atoms with Crippen molar-refractivity contribution in [2.75, 3.05) is 58.5 Å². The number of hydrogen-bond donors (Lipinski definition) is 3. The smallest absolute Gasteiger partial charge is 0.265 e. The van der Waals surface area contributed by atoms with Gasteiger partial charge in [0.1, 0.15) is 5.84 Å². The molecule has 4 N–H and O–H groups in total. The van der Waals surface area contributed by atoms with Gasteiger partial charge >= 0.3 is 0 Å². The summed E-state index contributed by atoms with van der Waals surface area (Å²) in [4.78, 5) is 23.2. The van der Waals surface area contributed by atoms with E-state index in [1.54, 1.807) is 0 Å². The highest BCUT2D eigenvalue weighted by molar-refractivity contribution is 8.14. The fourth-order valence-electron chi connectivity index (χ4n) is 4.77. The average molecular weight is 629 g/mol. The third kappa shape index (κ3) is 9.54. The van der Waals surface area contributed by atoms with Crippen LogP contribution in [-0.4, -0.2) is 74.2 Å². The van der Waals surface area contributed by atoms with E-state index in [9.17, 15) is 13.0 Å². The first kappa shape index (κ1) is 34.1.